The second-order valence-electron chi connectivity index (χ2n) is 17.1. The fourth-order valence-electron chi connectivity index (χ4n) is 6.16. The van der Waals surface area contributed by atoms with Crippen LogP contribution in [0.3, 0.4) is 0 Å². The summed E-state index contributed by atoms with van der Waals surface area (Å²) in [6.07, 6.45) is 0. The van der Waals surface area contributed by atoms with Crippen molar-refractivity contribution in [2.24, 2.45) is 16.6 Å². The van der Waals surface area contributed by atoms with Gasteiger partial charge < -0.3 is 125 Å². The third-order valence-electron chi connectivity index (χ3n) is 10.4. The van der Waals surface area contributed by atoms with Crippen LogP contribution >= 0.6 is 0 Å². The molecule has 84 heavy (non-hydrogen) atoms. The third kappa shape index (κ3) is 76.3. The molecule has 4 N–H and O–H groups in total. The summed E-state index contributed by atoms with van der Waals surface area (Å²) in [6, 6.07) is 0. The van der Waals surface area contributed by atoms with Gasteiger partial charge >= 0.3 is 0 Å². The Morgan fingerprint density at radius 2 is 0.333 bits per heavy atom. The number of nitrogens with zero attached hydrogens (tertiary/aromatic N) is 4. The number of hydrogen-bond acceptors (Lipinski definition) is 28. The van der Waals surface area contributed by atoms with Crippen molar-refractivity contribution >= 4 is 0 Å². The molecule has 30 nitrogen and oxygen atoms in total. The summed E-state index contributed by atoms with van der Waals surface area (Å²) in [4.78, 5) is 4.91. The Morgan fingerprint density at radius 3 is 0.476 bits per heavy atom. The van der Waals surface area contributed by atoms with E-state index in [4.69, 9.17) is 131 Å². The number of hydrogen-bond donors (Lipinski definition) is 2. The summed E-state index contributed by atoms with van der Waals surface area (Å²) in [5, 5.41) is 3.39. The predicted octanol–water partition coefficient (Wildman–Crippen LogP) is -0.0855. The van der Waals surface area contributed by atoms with Crippen LogP contribution in [0.15, 0.2) is 5.11 Å². The summed E-state index contributed by atoms with van der Waals surface area (Å²) in [5.74, 6) is 0. The van der Waals surface area contributed by atoms with E-state index in [0.29, 0.717) is 356 Å². The van der Waals surface area contributed by atoms with E-state index in [1.807, 2.05) is 0 Å². The lowest BCUT2D eigenvalue weighted by molar-refractivity contribution is -0.0260. The monoisotopic (exact) mass is 1230 g/mol. The third-order valence-corrected chi connectivity index (χ3v) is 10.4. The van der Waals surface area contributed by atoms with Crippen molar-refractivity contribution in [3.05, 3.63) is 10.4 Å². The number of azide groups is 1. The molecule has 0 aromatic heterocycles. The number of ether oxygens (including phenoxy) is 24. The van der Waals surface area contributed by atoms with Crippen LogP contribution in [-0.4, -0.2) is 361 Å². The van der Waals surface area contributed by atoms with Gasteiger partial charge in [0.1, 0.15) is 0 Å². The molecule has 0 aliphatic rings. The van der Waals surface area contributed by atoms with Crippen molar-refractivity contribution in [3.63, 3.8) is 0 Å². The Bertz CT molecular complexity index is 1190. The summed E-state index contributed by atoms with van der Waals surface area (Å²) in [5.41, 5.74) is 18.9. The van der Waals surface area contributed by atoms with Crippen LogP contribution < -0.4 is 11.5 Å². The molecule has 0 rings (SSSR count). The molecule has 0 atom stereocenters. The first-order valence-corrected chi connectivity index (χ1v) is 29.8. The minimum Gasteiger partial charge on any atom is -0.379 e. The predicted molar refractivity (Wildman–Crippen MR) is 308 cm³/mol. The molecule has 0 fully saturated rings. The average Bonchev–Trinajstić information content (AvgIpc) is 3.50. The van der Waals surface area contributed by atoms with E-state index in [2.05, 4.69) is 14.9 Å². The smallest absolute Gasteiger partial charge is 0.0701 e. The van der Waals surface area contributed by atoms with Crippen molar-refractivity contribution in [2.45, 2.75) is 0 Å². The largest absolute Gasteiger partial charge is 0.379 e. The molecule has 0 amide bonds. The van der Waals surface area contributed by atoms with Gasteiger partial charge in [-0.2, -0.15) is 0 Å². The van der Waals surface area contributed by atoms with Gasteiger partial charge in [0, 0.05) is 44.2 Å². The lowest BCUT2D eigenvalue weighted by Crippen LogP contribution is -2.34. The summed E-state index contributed by atoms with van der Waals surface area (Å²) in [7, 11) is 0. The van der Waals surface area contributed by atoms with E-state index in [9.17, 15) is 0 Å². The molecule has 0 aromatic carbocycles. The van der Waals surface area contributed by atoms with E-state index in [-0.39, 0.29) is 0 Å². The van der Waals surface area contributed by atoms with Gasteiger partial charge in [-0.05, 0) is 5.53 Å². The van der Waals surface area contributed by atoms with Gasteiger partial charge in [-0.25, -0.2) is 0 Å². The van der Waals surface area contributed by atoms with Crippen LogP contribution in [0.1, 0.15) is 0 Å². The molecular weight excluding hydrogens is 1120 g/mol. The van der Waals surface area contributed by atoms with E-state index in [1.54, 1.807) is 0 Å². The minimum absolute atomic E-state index is 0.314. The molecule has 0 aromatic rings. The molecule has 0 aliphatic carbocycles. The second-order valence-corrected chi connectivity index (χ2v) is 17.1. The van der Waals surface area contributed by atoms with Crippen molar-refractivity contribution in [3.8, 4) is 0 Å². The normalized spacial score (nSPS) is 11.7. The van der Waals surface area contributed by atoms with Crippen LogP contribution in [-0.2, 0) is 114 Å². The lowest BCUT2D eigenvalue weighted by atomic mass is 10.4. The molecule has 0 heterocycles. The molecule has 502 valence electrons. The van der Waals surface area contributed by atoms with Crippen LogP contribution in [0.25, 0.3) is 10.4 Å². The standard InChI is InChI=1S/C54H112N6O24/c55-1-7-61-13-19-67-25-31-73-37-43-79-49-52-82-46-40-76-34-28-70-22-16-64-10-4-60(5-11-65-17-23-71-29-35-77-41-47-83-53-50-80-44-38-74-32-26-68-20-14-62-8-2-56)6-12-66-18-24-72-30-36-78-42-48-84-54-51-81-45-39-75-33-27-69-21-15-63-9-3-58-59-57/h1-56H2. The maximum Gasteiger partial charge on any atom is 0.0701 e. The van der Waals surface area contributed by atoms with E-state index >= 15 is 0 Å². The summed E-state index contributed by atoms with van der Waals surface area (Å²) in [6.45, 7) is 26.8. The quantitative estimate of drug-likeness (QED) is 0.0348. The Morgan fingerprint density at radius 1 is 0.202 bits per heavy atom. The molecule has 0 saturated heterocycles. The number of rotatable bonds is 79. The first-order valence-electron chi connectivity index (χ1n) is 29.8. The molecule has 0 spiro atoms. The topological polar surface area (TPSA) is 326 Å². The Labute approximate surface area is 500 Å². The lowest BCUT2D eigenvalue weighted by Gasteiger charge is -2.22. The van der Waals surface area contributed by atoms with Crippen LogP contribution in [0.2, 0.25) is 0 Å². The zero-order valence-electron chi connectivity index (χ0n) is 50.9. The van der Waals surface area contributed by atoms with Crippen molar-refractivity contribution in [2.75, 3.05) is 356 Å². The highest BCUT2D eigenvalue weighted by atomic mass is 16.6. The maximum absolute atomic E-state index is 8.21. The Hall–Kier alpha value is -1.77. The summed E-state index contributed by atoms with van der Waals surface area (Å²) >= 11 is 0. The zero-order chi connectivity index (χ0) is 60.1. The van der Waals surface area contributed by atoms with E-state index in [0.717, 1.165) is 0 Å². The van der Waals surface area contributed by atoms with Crippen LogP contribution in [0.4, 0.5) is 0 Å². The Balaban J connectivity index is 4.00. The van der Waals surface area contributed by atoms with Crippen molar-refractivity contribution < 1.29 is 114 Å². The fraction of sp³-hybridized carbons (Fsp3) is 1.00. The van der Waals surface area contributed by atoms with Gasteiger partial charge in [0.05, 0.1) is 317 Å². The van der Waals surface area contributed by atoms with Gasteiger partial charge in [0.15, 0.2) is 0 Å². The van der Waals surface area contributed by atoms with E-state index < -0.39 is 0 Å². The highest BCUT2D eigenvalue weighted by Gasteiger charge is 2.07. The molecule has 30 heteroatoms. The molecule has 0 aliphatic heterocycles. The van der Waals surface area contributed by atoms with Gasteiger partial charge in [-0.3, -0.25) is 4.90 Å². The Kier molecular flexibility index (Phi) is 77.6. The van der Waals surface area contributed by atoms with Gasteiger partial charge in [-0.1, -0.05) is 5.11 Å². The van der Waals surface area contributed by atoms with Crippen LogP contribution in [0, 0.1) is 0 Å². The van der Waals surface area contributed by atoms with Gasteiger partial charge in [0.2, 0.25) is 0 Å². The number of nitrogens with two attached hydrogens (primary N) is 2. The van der Waals surface area contributed by atoms with Gasteiger partial charge in [0.25, 0.3) is 0 Å². The van der Waals surface area contributed by atoms with E-state index in [1.165, 1.54) is 0 Å². The first-order chi connectivity index (χ1) is 41.8. The minimum atomic E-state index is 0.314. The van der Waals surface area contributed by atoms with Crippen molar-refractivity contribution in [1.82, 2.24) is 4.90 Å². The SMILES string of the molecule is [N-]=[N+]=NCCOCCOCCOCCOCCOCCOCCOCCOCCN(CCOCCOCCOCCOCCOCCOCCOCCOCCN)CCOCCOCCOCCOCCOCCOCCOCCOCCN. The maximum atomic E-state index is 8.21. The van der Waals surface area contributed by atoms with Crippen molar-refractivity contribution in [1.29, 1.82) is 0 Å². The molecule has 0 radical (unpaired) electrons. The first kappa shape index (κ1) is 82.2. The fourth-order valence-corrected chi connectivity index (χ4v) is 6.16. The summed E-state index contributed by atoms with van der Waals surface area (Å²) < 4.78 is 133. The zero-order valence-corrected chi connectivity index (χ0v) is 50.9. The molecular formula is C54H112N6O24. The molecule has 0 bridgehead atoms. The van der Waals surface area contributed by atoms with Gasteiger partial charge in [-0.15, -0.1) is 0 Å². The highest BCUT2D eigenvalue weighted by Crippen LogP contribution is 1.95. The molecule has 0 saturated carbocycles. The molecule has 0 unspecified atom stereocenters. The average molecular weight is 1230 g/mol. The highest BCUT2D eigenvalue weighted by molar-refractivity contribution is 4.58. The second kappa shape index (κ2) is 79.2. The van der Waals surface area contributed by atoms with Crippen LogP contribution in [0.5, 0.6) is 0 Å².